The van der Waals surface area contributed by atoms with Crippen molar-refractivity contribution in [2.45, 2.75) is 24.9 Å². The third-order valence-electron chi connectivity index (χ3n) is 2.79. The number of benzene rings is 1. The topological polar surface area (TPSA) is 52.0 Å². The Hall–Kier alpha value is -1.11. The lowest BCUT2D eigenvalue weighted by Gasteiger charge is -2.09. The second-order valence-electron chi connectivity index (χ2n) is 4.11. The Kier molecular flexibility index (Phi) is 4.36. The van der Waals surface area contributed by atoms with E-state index in [1.165, 1.54) is 22.9 Å². The standard InChI is InChI=1S/C12H11Cl2FN2O2S/c1-2-11-16-12(20(14,18)19)7-17(11)6-8-9(13)4-3-5-10(8)15/h3-5,7H,2,6H2,1H3. The second kappa shape index (κ2) is 5.71. The average molecular weight is 337 g/mol. The van der Waals surface area contributed by atoms with Gasteiger partial charge in [0.25, 0.3) is 9.05 Å². The van der Waals surface area contributed by atoms with Crippen LogP contribution < -0.4 is 0 Å². The van der Waals surface area contributed by atoms with E-state index < -0.39 is 14.9 Å². The van der Waals surface area contributed by atoms with E-state index in [2.05, 4.69) is 4.98 Å². The van der Waals surface area contributed by atoms with Crippen LogP contribution in [0.1, 0.15) is 18.3 Å². The maximum atomic E-state index is 13.8. The van der Waals surface area contributed by atoms with E-state index in [0.29, 0.717) is 12.2 Å². The van der Waals surface area contributed by atoms with Crippen molar-refractivity contribution in [1.29, 1.82) is 0 Å². The molecule has 8 heteroatoms. The molecule has 1 aromatic heterocycles. The van der Waals surface area contributed by atoms with Crippen LogP contribution in [-0.4, -0.2) is 18.0 Å². The van der Waals surface area contributed by atoms with E-state index in [1.54, 1.807) is 6.07 Å². The van der Waals surface area contributed by atoms with Crippen LogP contribution in [0.3, 0.4) is 0 Å². The molecule has 0 fully saturated rings. The Morgan fingerprint density at radius 3 is 2.65 bits per heavy atom. The molecule has 0 bridgehead atoms. The number of rotatable bonds is 4. The van der Waals surface area contributed by atoms with E-state index in [4.69, 9.17) is 22.3 Å². The molecule has 0 saturated carbocycles. The van der Waals surface area contributed by atoms with Crippen molar-refractivity contribution in [1.82, 2.24) is 9.55 Å². The zero-order chi connectivity index (χ0) is 14.9. The average Bonchev–Trinajstić information content (AvgIpc) is 2.77. The van der Waals surface area contributed by atoms with Gasteiger partial charge in [-0.1, -0.05) is 24.6 Å². The molecule has 0 aliphatic heterocycles. The van der Waals surface area contributed by atoms with Crippen LogP contribution in [0, 0.1) is 5.82 Å². The molecule has 4 nitrogen and oxygen atoms in total. The van der Waals surface area contributed by atoms with Gasteiger partial charge in [-0.2, -0.15) is 0 Å². The molecule has 0 aliphatic rings. The summed E-state index contributed by atoms with van der Waals surface area (Å²) >= 11 is 5.95. The smallest absolute Gasteiger partial charge is 0.280 e. The van der Waals surface area contributed by atoms with E-state index >= 15 is 0 Å². The molecule has 108 valence electrons. The van der Waals surface area contributed by atoms with Gasteiger partial charge in [-0.25, -0.2) is 17.8 Å². The maximum absolute atomic E-state index is 13.8. The molecule has 0 N–H and O–H groups in total. The molecule has 1 aromatic carbocycles. The molecule has 0 atom stereocenters. The largest absolute Gasteiger partial charge is 0.329 e. The Labute approximate surface area is 125 Å². The molecule has 20 heavy (non-hydrogen) atoms. The van der Waals surface area contributed by atoms with Crippen LogP contribution in [0.25, 0.3) is 0 Å². The zero-order valence-corrected chi connectivity index (χ0v) is 12.8. The first-order chi connectivity index (χ1) is 9.32. The Balaban J connectivity index is 2.46. The van der Waals surface area contributed by atoms with Crippen LogP contribution in [0.5, 0.6) is 0 Å². The molecule has 0 spiro atoms. The Morgan fingerprint density at radius 2 is 2.10 bits per heavy atom. The minimum absolute atomic E-state index is 0.0914. The third kappa shape index (κ3) is 3.13. The molecule has 0 unspecified atom stereocenters. The predicted molar refractivity (Wildman–Crippen MR) is 75.2 cm³/mol. The fourth-order valence-corrected chi connectivity index (χ4v) is 2.73. The van der Waals surface area contributed by atoms with Crippen LogP contribution in [0.2, 0.25) is 5.02 Å². The maximum Gasteiger partial charge on any atom is 0.280 e. The van der Waals surface area contributed by atoms with Crippen molar-refractivity contribution in [2.24, 2.45) is 0 Å². The number of halogens is 3. The molecular weight excluding hydrogens is 326 g/mol. The van der Waals surface area contributed by atoms with Gasteiger partial charge in [0.1, 0.15) is 11.6 Å². The van der Waals surface area contributed by atoms with Gasteiger partial charge in [0, 0.05) is 33.9 Å². The molecule has 2 aromatic rings. The van der Waals surface area contributed by atoms with Gasteiger partial charge in [0.2, 0.25) is 0 Å². The normalized spacial score (nSPS) is 11.8. The molecule has 1 heterocycles. The van der Waals surface area contributed by atoms with Crippen LogP contribution >= 0.6 is 22.3 Å². The van der Waals surface area contributed by atoms with Crippen molar-refractivity contribution in [3.05, 3.63) is 46.6 Å². The zero-order valence-electron chi connectivity index (χ0n) is 10.5. The first kappa shape index (κ1) is 15.3. The molecule has 0 amide bonds. The van der Waals surface area contributed by atoms with E-state index in [-0.39, 0.29) is 22.2 Å². The Bertz CT molecular complexity index is 724. The molecule has 0 radical (unpaired) electrons. The van der Waals surface area contributed by atoms with Gasteiger partial charge >= 0.3 is 0 Å². The summed E-state index contributed by atoms with van der Waals surface area (Å²) in [6.45, 7) is 1.90. The summed E-state index contributed by atoms with van der Waals surface area (Å²) in [4.78, 5) is 3.93. The number of nitrogens with zero attached hydrogens (tertiary/aromatic N) is 2. The lowest BCUT2D eigenvalue weighted by Crippen LogP contribution is -2.05. The fourth-order valence-electron chi connectivity index (χ4n) is 1.82. The first-order valence-corrected chi connectivity index (χ1v) is 8.45. The second-order valence-corrected chi connectivity index (χ2v) is 7.03. The summed E-state index contributed by atoms with van der Waals surface area (Å²) in [5.74, 6) is 0.0343. The van der Waals surface area contributed by atoms with Crippen LogP contribution in [-0.2, 0) is 22.0 Å². The highest BCUT2D eigenvalue weighted by Crippen LogP contribution is 2.22. The first-order valence-electron chi connectivity index (χ1n) is 5.76. The van der Waals surface area contributed by atoms with Gasteiger partial charge < -0.3 is 4.57 Å². The molecule has 0 saturated heterocycles. The van der Waals surface area contributed by atoms with Gasteiger partial charge in [-0.05, 0) is 12.1 Å². The monoisotopic (exact) mass is 336 g/mol. The molecular formula is C12H11Cl2FN2O2S. The highest BCUT2D eigenvalue weighted by molar-refractivity contribution is 8.13. The summed E-state index contributed by atoms with van der Waals surface area (Å²) in [7, 11) is 1.35. The SMILES string of the molecule is CCc1nc(S(=O)(=O)Cl)cn1Cc1c(F)cccc1Cl. The van der Waals surface area contributed by atoms with E-state index in [1.807, 2.05) is 6.92 Å². The van der Waals surface area contributed by atoms with Gasteiger partial charge in [0.05, 0.1) is 6.54 Å². The number of imidazole rings is 1. The number of aryl methyl sites for hydroxylation is 1. The quantitative estimate of drug-likeness (QED) is 0.805. The van der Waals surface area contributed by atoms with Crippen molar-refractivity contribution in [3.63, 3.8) is 0 Å². The van der Waals surface area contributed by atoms with Gasteiger partial charge in [0.15, 0.2) is 5.03 Å². The van der Waals surface area contributed by atoms with Crippen molar-refractivity contribution >= 4 is 31.3 Å². The van der Waals surface area contributed by atoms with Crippen LogP contribution in [0.4, 0.5) is 4.39 Å². The Morgan fingerprint density at radius 1 is 1.40 bits per heavy atom. The minimum atomic E-state index is -3.91. The fraction of sp³-hybridized carbons (Fsp3) is 0.250. The highest BCUT2D eigenvalue weighted by atomic mass is 35.7. The van der Waals surface area contributed by atoms with E-state index in [9.17, 15) is 12.8 Å². The van der Waals surface area contributed by atoms with Crippen molar-refractivity contribution in [3.8, 4) is 0 Å². The summed E-state index contributed by atoms with van der Waals surface area (Å²) in [6, 6.07) is 4.37. The summed E-state index contributed by atoms with van der Waals surface area (Å²) in [5.41, 5.74) is 0.278. The van der Waals surface area contributed by atoms with Crippen molar-refractivity contribution in [2.75, 3.05) is 0 Å². The molecule has 2 rings (SSSR count). The third-order valence-corrected chi connectivity index (χ3v) is 4.32. The van der Waals surface area contributed by atoms with E-state index in [0.717, 1.165) is 0 Å². The summed E-state index contributed by atoms with van der Waals surface area (Å²) in [6.07, 6.45) is 1.77. The highest BCUT2D eigenvalue weighted by Gasteiger charge is 2.18. The summed E-state index contributed by atoms with van der Waals surface area (Å²) in [5, 5.41) is 0.0273. The van der Waals surface area contributed by atoms with Crippen molar-refractivity contribution < 1.29 is 12.8 Å². The predicted octanol–water partition coefficient (Wildman–Crippen LogP) is 3.21. The number of hydrogen-bond donors (Lipinski definition) is 0. The summed E-state index contributed by atoms with van der Waals surface area (Å²) < 4.78 is 37.9. The van der Waals surface area contributed by atoms with Crippen LogP contribution in [0.15, 0.2) is 29.4 Å². The molecule has 0 aliphatic carbocycles. The van der Waals surface area contributed by atoms with Gasteiger partial charge in [-0.3, -0.25) is 0 Å². The number of hydrogen-bond acceptors (Lipinski definition) is 3. The lowest BCUT2D eigenvalue weighted by molar-refractivity contribution is 0.595. The van der Waals surface area contributed by atoms with Gasteiger partial charge in [-0.15, -0.1) is 0 Å². The number of aromatic nitrogens is 2. The lowest BCUT2D eigenvalue weighted by atomic mass is 10.2. The minimum Gasteiger partial charge on any atom is -0.329 e.